The molecule has 0 aliphatic carbocycles. The lowest BCUT2D eigenvalue weighted by molar-refractivity contribution is 0.0251. The van der Waals surface area contributed by atoms with E-state index in [0.29, 0.717) is 13.1 Å². The van der Waals surface area contributed by atoms with E-state index in [4.69, 9.17) is 9.47 Å². The molecular formula is C27H29NO3. The van der Waals surface area contributed by atoms with E-state index >= 15 is 0 Å². The molecule has 0 radical (unpaired) electrons. The first-order chi connectivity index (χ1) is 14.9. The Morgan fingerprint density at radius 1 is 0.903 bits per heavy atom. The van der Waals surface area contributed by atoms with Crippen molar-refractivity contribution in [3.8, 4) is 11.5 Å². The summed E-state index contributed by atoms with van der Waals surface area (Å²) in [5, 5.41) is 0. The predicted molar refractivity (Wildman–Crippen MR) is 123 cm³/mol. The first kappa shape index (κ1) is 21.0. The minimum absolute atomic E-state index is 0.0805. The Labute approximate surface area is 184 Å². The fraction of sp³-hybridized carbons (Fsp3) is 0.296. The summed E-state index contributed by atoms with van der Waals surface area (Å²) in [6.07, 6.45) is 0.492. The van der Waals surface area contributed by atoms with E-state index in [0.717, 1.165) is 17.9 Å². The summed E-state index contributed by atoms with van der Waals surface area (Å²) in [5.41, 5.74) is 3.11. The van der Waals surface area contributed by atoms with Gasteiger partial charge in [-0.1, -0.05) is 54.6 Å². The van der Waals surface area contributed by atoms with Crippen molar-refractivity contribution in [2.75, 3.05) is 13.1 Å². The summed E-state index contributed by atoms with van der Waals surface area (Å²) in [7, 11) is 0. The Bertz CT molecular complexity index is 1030. The lowest BCUT2D eigenvalue weighted by Crippen LogP contribution is -2.39. The van der Waals surface area contributed by atoms with Crippen molar-refractivity contribution < 1.29 is 14.3 Å². The van der Waals surface area contributed by atoms with E-state index in [9.17, 15) is 4.79 Å². The second kappa shape index (κ2) is 8.84. The Morgan fingerprint density at radius 2 is 1.58 bits per heavy atom. The molecule has 160 valence electrons. The maximum Gasteiger partial charge on any atom is 0.410 e. The third-order valence-electron chi connectivity index (χ3n) is 5.38. The number of rotatable bonds is 3. The Hall–Kier alpha value is -3.27. The highest BCUT2D eigenvalue weighted by Crippen LogP contribution is 2.35. The zero-order chi connectivity index (χ0) is 21.8. The van der Waals surface area contributed by atoms with Gasteiger partial charge in [-0.05, 0) is 68.1 Å². The molecule has 0 bridgehead atoms. The van der Waals surface area contributed by atoms with Crippen LogP contribution in [0.3, 0.4) is 0 Å². The van der Waals surface area contributed by atoms with Crippen molar-refractivity contribution in [3.05, 3.63) is 95.6 Å². The fourth-order valence-electron chi connectivity index (χ4n) is 3.95. The maximum absolute atomic E-state index is 12.9. The smallest absolute Gasteiger partial charge is 0.410 e. The highest BCUT2D eigenvalue weighted by molar-refractivity contribution is 5.68. The van der Waals surface area contributed by atoms with Crippen molar-refractivity contribution >= 4 is 6.09 Å². The van der Waals surface area contributed by atoms with Gasteiger partial charge in [0.25, 0.3) is 0 Å². The molecule has 1 amide bonds. The van der Waals surface area contributed by atoms with Gasteiger partial charge in [0.15, 0.2) is 0 Å². The highest BCUT2D eigenvalue weighted by Gasteiger charge is 2.30. The lowest BCUT2D eigenvalue weighted by Gasteiger charge is -2.28. The van der Waals surface area contributed by atoms with Crippen molar-refractivity contribution in [1.82, 2.24) is 4.90 Å². The van der Waals surface area contributed by atoms with E-state index in [1.54, 1.807) is 0 Å². The molecule has 0 fully saturated rings. The number of amides is 1. The van der Waals surface area contributed by atoms with Crippen LogP contribution in [0, 0.1) is 0 Å². The average Bonchev–Trinajstić information content (AvgIpc) is 2.94. The molecular weight excluding hydrogens is 386 g/mol. The zero-order valence-electron chi connectivity index (χ0n) is 18.4. The third kappa shape index (κ3) is 5.26. The molecule has 31 heavy (non-hydrogen) atoms. The predicted octanol–water partition coefficient (Wildman–Crippen LogP) is 6.40. The number of nitrogens with zero attached hydrogens (tertiary/aromatic N) is 1. The van der Waals surface area contributed by atoms with Gasteiger partial charge in [-0.15, -0.1) is 0 Å². The number of hydrogen-bond acceptors (Lipinski definition) is 3. The van der Waals surface area contributed by atoms with Gasteiger partial charge in [0.05, 0.1) is 0 Å². The molecule has 1 atom stereocenters. The van der Waals surface area contributed by atoms with Crippen LogP contribution in [0.5, 0.6) is 11.5 Å². The molecule has 4 nitrogen and oxygen atoms in total. The molecule has 0 saturated heterocycles. The summed E-state index contributed by atoms with van der Waals surface area (Å²) in [5.74, 6) is 1.70. The number of fused-ring (bicyclic) bond motifs is 1. The van der Waals surface area contributed by atoms with Gasteiger partial charge >= 0.3 is 6.09 Å². The molecule has 4 heteroatoms. The number of ether oxygens (including phenoxy) is 2. The Balaban J connectivity index is 1.66. The monoisotopic (exact) mass is 415 g/mol. The second-order valence-electron chi connectivity index (χ2n) is 8.92. The zero-order valence-corrected chi connectivity index (χ0v) is 18.4. The first-order valence-electron chi connectivity index (χ1n) is 10.8. The lowest BCUT2D eigenvalue weighted by atomic mass is 9.88. The maximum atomic E-state index is 12.9. The van der Waals surface area contributed by atoms with Crippen LogP contribution in [0.1, 0.15) is 43.4 Å². The van der Waals surface area contributed by atoms with Crippen molar-refractivity contribution in [2.24, 2.45) is 0 Å². The average molecular weight is 416 g/mol. The van der Waals surface area contributed by atoms with E-state index in [-0.39, 0.29) is 12.0 Å². The Kier molecular flexibility index (Phi) is 5.99. The van der Waals surface area contributed by atoms with Crippen LogP contribution in [0.4, 0.5) is 4.79 Å². The summed E-state index contributed by atoms with van der Waals surface area (Å²) in [6, 6.07) is 26.4. The van der Waals surface area contributed by atoms with E-state index in [1.165, 1.54) is 16.7 Å². The minimum atomic E-state index is -0.519. The number of carbonyl (C=O) groups is 1. The summed E-state index contributed by atoms with van der Waals surface area (Å²) < 4.78 is 11.7. The second-order valence-corrected chi connectivity index (χ2v) is 8.92. The van der Waals surface area contributed by atoms with Crippen LogP contribution in [-0.2, 0) is 11.2 Å². The van der Waals surface area contributed by atoms with Gasteiger partial charge in [0.2, 0.25) is 0 Å². The quantitative estimate of drug-likeness (QED) is 0.496. The number of hydrogen-bond donors (Lipinski definition) is 0. The fourth-order valence-corrected chi connectivity index (χ4v) is 3.95. The molecule has 3 aromatic rings. The normalized spacial score (nSPS) is 16.2. The van der Waals surface area contributed by atoms with Crippen LogP contribution in [0.15, 0.2) is 78.9 Å². The van der Waals surface area contributed by atoms with E-state index in [1.807, 2.05) is 80.3 Å². The number of carbonyl (C=O) groups excluding carboxylic acids is 1. The molecule has 1 aliphatic rings. The summed E-state index contributed by atoms with van der Waals surface area (Å²) in [6.45, 7) is 6.91. The van der Waals surface area contributed by atoms with Gasteiger partial charge in [-0.25, -0.2) is 4.79 Å². The van der Waals surface area contributed by atoms with Crippen LogP contribution in [0.25, 0.3) is 0 Å². The van der Waals surface area contributed by atoms with Crippen LogP contribution in [-0.4, -0.2) is 29.7 Å². The van der Waals surface area contributed by atoms with Crippen LogP contribution < -0.4 is 4.74 Å². The Morgan fingerprint density at radius 3 is 2.26 bits per heavy atom. The molecule has 1 heterocycles. The van der Waals surface area contributed by atoms with E-state index in [2.05, 4.69) is 24.3 Å². The van der Waals surface area contributed by atoms with Gasteiger partial charge in [0.1, 0.15) is 17.1 Å². The van der Waals surface area contributed by atoms with Crippen molar-refractivity contribution in [3.63, 3.8) is 0 Å². The largest absolute Gasteiger partial charge is 0.457 e. The van der Waals surface area contributed by atoms with Gasteiger partial charge < -0.3 is 14.4 Å². The highest BCUT2D eigenvalue weighted by atomic mass is 16.6. The van der Waals surface area contributed by atoms with Crippen molar-refractivity contribution in [2.45, 2.75) is 38.7 Å². The van der Waals surface area contributed by atoms with Gasteiger partial charge in [0, 0.05) is 19.0 Å². The molecule has 1 aliphatic heterocycles. The first-order valence-corrected chi connectivity index (χ1v) is 10.8. The van der Waals surface area contributed by atoms with Crippen LogP contribution in [0.2, 0.25) is 0 Å². The van der Waals surface area contributed by atoms with Gasteiger partial charge in [-0.2, -0.15) is 0 Å². The molecule has 0 saturated carbocycles. The van der Waals surface area contributed by atoms with Crippen LogP contribution >= 0.6 is 0 Å². The third-order valence-corrected chi connectivity index (χ3v) is 5.38. The minimum Gasteiger partial charge on any atom is -0.457 e. The molecule has 1 unspecified atom stereocenters. The SMILES string of the molecule is CC(C)(C)OC(=O)N1CCc2cc(Oc3ccccc3)ccc2C(c2ccccc2)C1. The molecule has 4 rings (SSSR count). The molecule has 0 N–H and O–H groups in total. The molecule has 0 aromatic heterocycles. The summed E-state index contributed by atoms with van der Waals surface area (Å²) in [4.78, 5) is 14.7. The molecule has 3 aromatic carbocycles. The topological polar surface area (TPSA) is 38.8 Å². The van der Waals surface area contributed by atoms with Gasteiger partial charge in [-0.3, -0.25) is 0 Å². The molecule has 0 spiro atoms. The van der Waals surface area contributed by atoms with Crippen molar-refractivity contribution in [1.29, 1.82) is 0 Å². The number of para-hydroxylation sites is 1. The number of benzene rings is 3. The van der Waals surface area contributed by atoms with E-state index < -0.39 is 5.60 Å². The standard InChI is InChI=1S/C27H29NO3/c1-27(2,3)31-26(29)28-17-16-21-18-23(30-22-12-8-5-9-13-22)14-15-24(21)25(19-28)20-10-6-4-7-11-20/h4-15,18,25H,16-17,19H2,1-3H3. The summed E-state index contributed by atoms with van der Waals surface area (Å²) >= 11 is 0.